The molecule has 0 amide bonds. The summed E-state index contributed by atoms with van der Waals surface area (Å²) in [6.07, 6.45) is 4.83. The number of benzene rings is 2. The van der Waals surface area contributed by atoms with Crippen LogP contribution >= 0.6 is 11.6 Å². The monoisotopic (exact) mass is 344 g/mol. The maximum atomic E-state index is 6.43. The summed E-state index contributed by atoms with van der Waals surface area (Å²) in [6, 6.07) is 14.6. The molecule has 1 aliphatic rings. The first-order valence-corrected chi connectivity index (χ1v) is 9.19. The van der Waals surface area contributed by atoms with E-state index >= 15 is 0 Å². The Bertz CT molecular complexity index is 666. The van der Waals surface area contributed by atoms with Gasteiger partial charge in [-0.1, -0.05) is 35.9 Å². The quantitative estimate of drug-likeness (QED) is 0.666. The van der Waals surface area contributed by atoms with Gasteiger partial charge in [-0.05, 0) is 74.4 Å². The molecule has 0 saturated carbocycles. The van der Waals surface area contributed by atoms with Crippen molar-refractivity contribution in [1.29, 1.82) is 0 Å². The van der Waals surface area contributed by atoms with E-state index in [9.17, 15) is 0 Å². The summed E-state index contributed by atoms with van der Waals surface area (Å²) in [5.74, 6) is 0.908. The highest BCUT2D eigenvalue weighted by molar-refractivity contribution is 6.31. The molecular formula is C21H25ClO2. The summed E-state index contributed by atoms with van der Waals surface area (Å²) in [5, 5.41) is 0.816. The molecule has 2 atom stereocenters. The van der Waals surface area contributed by atoms with Crippen LogP contribution in [0.3, 0.4) is 0 Å². The van der Waals surface area contributed by atoms with Crippen molar-refractivity contribution in [1.82, 2.24) is 0 Å². The molecule has 3 rings (SSSR count). The molecular weight excluding hydrogens is 320 g/mol. The van der Waals surface area contributed by atoms with Gasteiger partial charge in [0.15, 0.2) is 0 Å². The molecule has 2 aromatic rings. The highest BCUT2D eigenvalue weighted by Gasteiger charge is 2.21. The Labute approximate surface area is 149 Å². The summed E-state index contributed by atoms with van der Waals surface area (Å²) in [4.78, 5) is 0. The molecule has 1 aliphatic heterocycles. The van der Waals surface area contributed by atoms with Crippen LogP contribution in [0, 0.1) is 0 Å². The van der Waals surface area contributed by atoms with Gasteiger partial charge >= 0.3 is 0 Å². The van der Waals surface area contributed by atoms with Crippen LogP contribution in [0.4, 0.5) is 0 Å². The molecule has 0 unspecified atom stereocenters. The van der Waals surface area contributed by atoms with Crippen molar-refractivity contribution >= 4 is 11.6 Å². The Morgan fingerprint density at radius 2 is 1.92 bits per heavy atom. The summed E-state index contributed by atoms with van der Waals surface area (Å²) in [6.45, 7) is 4.84. The molecule has 24 heavy (non-hydrogen) atoms. The van der Waals surface area contributed by atoms with Crippen LogP contribution in [0.1, 0.15) is 55.9 Å². The van der Waals surface area contributed by atoms with Gasteiger partial charge in [0, 0.05) is 5.02 Å². The highest BCUT2D eigenvalue weighted by atomic mass is 35.5. The molecule has 0 spiro atoms. The maximum Gasteiger partial charge on any atom is 0.119 e. The lowest BCUT2D eigenvalue weighted by molar-refractivity contribution is -0.0414. The van der Waals surface area contributed by atoms with Gasteiger partial charge in [-0.2, -0.15) is 0 Å². The number of hydrogen-bond donors (Lipinski definition) is 0. The van der Waals surface area contributed by atoms with Crippen LogP contribution in [0.2, 0.25) is 5.02 Å². The first-order chi connectivity index (χ1) is 11.7. The minimum atomic E-state index is 0.199. The zero-order valence-electron chi connectivity index (χ0n) is 14.4. The summed E-state index contributed by atoms with van der Waals surface area (Å²) >= 11 is 6.43. The van der Waals surface area contributed by atoms with Crippen molar-refractivity contribution in [3.8, 4) is 5.75 Å². The molecule has 2 nitrogen and oxygen atoms in total. The Balaban J connectivity index is 1.76. The zero-order chi connectivity index (χ0) is 16.9. The van der Waals surface area contributed by atoms with Gasteiger partial charge in [-0.3, -0.25) is 0 Å². The third kappa shape index (κ3) is 4.31. The molecule has 1 heterocycles. The average Bonchev–Trinajstić information content (AvgIpc) is 2.59. The van der Waals surface area contributed by atoms with E-state index in [0.717, 1.165) is 35.6 Å². The Kier molecular flexibility index (Phi) is 5.80. The Morgan fingerprint density at radius 1 is 1.12 bits per heavy atom. The van der Waals surface area contributed by atoms with Gasteiger partial charge in [-0.25, -0.2) is 0 Å². The molecule has 0 aliphatic carbocycles. The minimum Gasteiger partial charge on any atom is -0.494 e. The van der Waals surface area contributed by atoms with Gasteiger partial charge in [0.05, 0.1) is 18.8 Å². The van der Waals surface area contributed by atoms with Crippen LogP contribution in [-0.2, 0) is 11.2 Å². The molecule has 0 radical (unpaired) electrons. The standard InChI is InChI=1S/C21H25ClO2/c1-3-23-19-10-7-16(8-11-19)13-18-14-17(9-12-20(18)22)21-6-4-5-15(2)24-21/h7-12,14-15,21H,3-6,13H2,1-2H3/t15-,21-/m1/s1. The molecule has 0 aromatic heterocycles. The van der Waals surface area contributed by atoms with Crippen molar-refractivity contribution in [3.05, 3.63) is 64.2 Å². The van der Waals surface area contributed by atoms with E-state index in [0.29, 0.717) is 12.7 Å². The molecule has 0 N–H and O–H groups in total. The molecule has 128 valence electrons. The summed E-state index contributed by atoms with van der Waals surface area (Å²) in [5.41, 5.74) is 3.63. The fourth-order valence-electron chi connectivity index (χ4n) is 3.27. The smallest absolute Gasteiger partial charge is 0.119 e. The lowest BCUT2D eigenvalue weighted by Crippen LogP contribution is -2.19. The summed E-state index contributed by atoms with van der Waals surface area (Å²) < 4.78 is 11.6. The first-order valence-electron chi connectivity index (χ1n) is 8.81. The van der Waals surface area contributed by atoms with Crippen LogP contribution in [0.25, 0.3) is 0 Å². The highest BCUT2D eigenvalue weighted by Crippen LogP contribution is 2.33. The maximum absolute atomic E-state index is 6.43. The predicted octanol–water partition coefficient (Wildman–Crippen LogP) is 5.96. The second-order valence-corrected chi connectivity index (χ2v) is 6.88. The topological polar surface area (TPSA) is 18.5 Å². The van der Waals surface area contributed by atoms with Crippen molar-refractivity contribution in [2.45, 2.75) is 51.7 Å². The Hall–Kier alpha value is -1.51. The molecule has 1 saturated heterocycles. The number of halogens is 1. The second-order valence-electron chi connectivity index (χ2n) is 6.47. The van der Waals surface area contributed by atoms with E-state index < -0.39 is 0 Å². The van der Waals surface area contributed by atoms with Crippen LogP contribution in [-0.4, -0.2) is 12.7 Å². The van der Waals surface area contributed by atoms with Gasteiger partial charge in [0.1, 0.15) is 5.75 Å². The van der Waals surface area contributed by atoms with Gasteiger partial charge < -0.3 is 9.47 Å². The number of rotatable bonds is 5. The van der Waals surface area contributed by atoms with Crippen molar-refractivity contribution in [2.24, 2.45) is 0 Å². The normalized spacial score (nSPS) is 20.8. The fourth-order valence-corrected chi connectivity index (χ4v) is 3.46. The molecule has 3 heteroatoms. The third-order valence-corrected chi connectivity index (χ3v) is 4.91. The number of hydrogen-bond acceptors (Lipinski definition) is 2. The van der Waals surface area contributed by atoms with E-state index in [2.05, 4.69) is 31.2 Å². The van der Waals surface area contributed by atoms with Gasteiger partial charge in [0.25, 0.3) is 0 Å². The molecule has 0 bridgehead atoms. The van der Waals surface area contributed by atoms with Crippen molar-refractivity contribution < 1.29 is 9.47 Å². The third-order valence-electron chi connectivity index (χ3n) is 4.54. The second kappa shape index (κ2) is 8.04. The van der Waals surface area contributed by atoms with E-state index in [-0.39, 0.29) is 6.10 Å². The molecule has 1 fully saturated rings. The predicted molar refractivity (Wildman–Crippen MR) is 99.0 cm³/mol. The van der Waals surface area contributed by atoms with E-state index in [1.807, 2.05) is 25.1 Å². The number of ether oxygens (including phenoxy) is 2. The zero-order valence-corrected chi connectivity index (χ0v) is 15.2. The first kappa shape index (κ1) is 17.3. The lowest BCUT2D eigenvalue weighted by atomic mass is 9.95. The lowest BCUT2D eigenvalue weighted by Gasteiger charge is -2.28. The minimum absolute atomic E-state index is 0.199. The Morgan fingerprint density at radius 3 is 2.62 bits per heavy atom. The van der Waals surface area contributed by atoms with Crippen molar-refractivity contribution in [2.75, 3.05) is 6.61 Å². The SMILES string of the molecule is CCOc1ccc(Cc2cc([C@H]3CCC[C@@H](C)O3)ccc2Cl)cc1. The van der Waals surface area contributed by atoms with Crippen LogP contribution in [0.15, 0.2) is 42.5 Å². The van der Waals surface area contributed by atoms with E-state index in [1.54, 1.807) is 0 Å². The van der Waals surface area contributed by atoms with Gasteiger partial charge in [0.2, 0.25) is 0 Å². The largest absolute Gasteiger partial charge is 0.494 e. The van der Waals surface area contributed by atoms with Crippen molar-refractivity contribution in [3.63, 3.8) is 0 Å². The van der Waals surface area contributed by atoms with Gasteiger partial charge in [-0.15, -0.1) is 0 Å². The van der Waals surface area contributed by atoms with E-state index in [1.165, 1.54) is 17.5 Å². The fraction of sp³-hybridized carbons (Fsp3) is 0.429. The van der Waals surface area contributed by atoms with Crippen LogP contribution in [0.5, 0.6) is 5.75 Å². The van der Waals surface area contributed by atoms with E-state index in [4.69, 9.17) is 21.1 Å². The van der Waals surface area contributed by atoms with Crippen LogP contribution < -0.4 is 4.74 Å². The average molecular weight is 345 g/mol. The molecule has 2 aromatic carbocycles. The summed E-state index contributed by atoms with van der Waals surface area (Å²) in [7, 11) is 0.